The van der Waals surface area contributed by atoms with Gasteiger partial charge in [0.2, 0.25) is 10.0 Å². The number of nitrogens with one attached hydrogen (secondary N) is 1. The third-order valence-electron chi connectivity index (χ3n) is 4.63. The summed E-state index contributed by atoms with van der Waals surface area (Å²) in [4.78, 5) is 12.3. The first-order chi connectivity index (χ1) is 11.9. The van der Waals surface area contributed by atoms with E-state index in [-0.39, 0.29) is 5.91 Å². The Morgan fingerprint density at radius 2 is 1.72 bits per heavy atom. The molecule has 1 saturated heterocycles. The summed E-state index contributed by atoms with van der Waals surface area (Å²) in [5, 5.41) is 2.96. The van der Waals surface area contributed by atoms with Crippen LogP contribution >= 0.6 is 0 Å². The second-order valence-electron chi connectivity index (χ2n) is 6.45. The van der Waals surface area contributed by atoms with Gasteiger partial charge >= 0.3 is 0 Å². The van der Waals surface area contributed by atoms with Gasteiger partial charge in [-0.25, -0.2) is 12.7 Å². The molecule has 134 valence electrons. The van der Waals surface area contributed by atoms with Crippen LogP contribution in [0.2, 0.25) is 0 Å². The second kappa shape index (κ2) is 7.41. The number of rotatable bonds is 5. The Bertz CT molecular complexity index is 806. The SMILES string of the molecule is CS(=O)(=O)N1CCC(CNC(=O)c2ccc(-n3cccc3)cc2)CC1. The minimum atomic E-state index is -3.10. The van der Waals surface area contributed by atoms with E-state index in [0.29, 0.717) is 31.1 Å². The number of carbonyl (C=O) groups excluding carboxylic acids is 1. The van der Waals surface area contributed by atoms with Crippen molar-refractivity contribution in [2.75, 3.05) is 25.9 Å². The van der Waals surface area contributed by atoms with Crippen molar-refractivity contribution in [1.82, 2.24) is 14.2 Å². The maximum absolute atomic E-state index is 12.3. The van der Waals surface area contributed by atoms with Gasteiger partial charge in [0.25, 0.3) is 5.91 Å². The molecule has 7 heteroatoms. The number of sulfonamides is 1. The van der Waals surface area contributed by atoms with Gasteiger partial charge in [0.1, 0.15) is 0 Å². The van der Waals surface area contributed by atoms with Crippen molar-refractivity contribution in [2.45, 2.75) is 12.8 Å². The van der Waals surface area contributed by atoms with E-state index in [1.54, 1.807) is 0 Å². The number of hydrogen-bond acceptors (Lipinski definition) is 3. The van der Waals surface area contributed by atoms with E-state index in [2.05, 4.69) is 5.32 Å². The highest BCUT2D eigenvalue weighted by atomic mass is 32.2. The fourth-order valence-corrected chi connectivity index (χ4v) is 3.95. The third kappa shape index (κ3) is 4.49. The summed E-state index contributed by atoms with van der Waals surface area (Å²) < 4.78 is 26.5. The molecule has 6 nitrogen and oxygen atoms in total. The normalized spacial score (nSPS) is 16.7. The lowest BCUT2D eigenvalue weighted by molar-refractivity contribution is 0.0941. The van der Waals surface area contributed by atoms with E-state index in [0.717, 1.165) is 18.5 Å². The molecule has 0 unspecified atom stereocenters. The zero-order chi connectivity index (χ0) is 17.9. The minimum absolute atomic E-state index is 0.0930. The van der Waals surface area contributed by atoms with E-state index in [1.165, 1.54) is 10.6 Å². The van der Waals surface area contributed by atoms with E-state index in [1.807, 2.05) is 53.4 Å². The van der Waals surface area contributed by atoms with Gasteiger partial charge in [0, 0.05) is 43.3 Å². The molecule has 1 aliphatic rings. The van der Waals surface area contributed by atoms with Crippen LogP contribution < -0.4 is 5.32 Å². The molecule has 1 aromatic carbocycles. The largest absolute Gasteiger partial charge is 0.352 e. The number of benzene rings is 1. The molecule has 2 aromatic rings. The summed E-state index contributed by atoms with van der Waals surface area (Å²) in [7, 11) is -3.10. The molecule has 2 heterocycles. The summed E-state index contributed by atoms with van der Waals surface area (Å²) >= 11 is 0. The van der Waals surface area contributed by atoms with Gasteiger partial charge < -0.3 is 9.88 Å². The number of aromatic nitrogens is 1. The van der Waals surface area contributed by atoms with Crippen LogP contribution in [0.5, 0.6) is 0 Å². The standard InChI is InChI=1S/C18H23N3O3S/c1-25(23,24)21-12-8-15(9-13-21)14-19-18(22)16-4-6-17(7-5-16)20-10-2-3-11-20/h2-7,10-11,15H,8-9,12-14H2,1H3,(H,19,22). The highest BCUT2D eigenvalue weighted by molar-refractivity contribution is 7.88. The van der Waals surface area contributed by atoms with Gasteiger partial charge in [0.05, 0.1) is 6.26 Å². The van der Waals surface area contributed by atoms with Crippen molar-refractivity contribution < 1.29 is 13.2 Å². The first-order valence-corrected chi connectivity index (χ1v) is 10.2. The molecule has 3 rings (SSSR count). The van der Waals surface area contributed by atoms with Gasteiger partial charge in [-0.05, 0) is 55.2 Å². The molecule has 25 heavy (non-hydrogen) atoms. The van der Waals surface area contributed by atoms with Crippen LogP contribution in [0.15, 0.2) is 48.8 Å². The van der Waals surface area contributed by atoms with Crippen molar-refractivity contribution in [1.29, 1.82) is 0 Å². The topological polar surface area (TPSA) is 71.4 Å². The first-order valence-electron chi connectivity index (χ1n) is 8.40. The number of hydrogen-bond donors (Lipinski definition) is 1. The van der Waals surface area contributed by atoms with Crippen molar-refractivity contribution in [2.24, 2.45) is 5.92 Å². The van der Waals surface area contributed by atoms with Crippen LogP contribution in [0.25, 0.3) is 5.69 Å². The number of nitrogens with zero attached hydrogens (tertiary/aromatic N) is 2. The third-order valence-corrected chi connectivity index (χ3v) is 5.93. The molecule has 0 aliphatic carbocycles. The van der Waals surface area contributed by atoms with Gasteiger partial charge in [-0.15, -0.1) is 0 Å². The Hall–Kier alpha value is -2.12. The van der Waals surface area contributed by atoms with Crippen LogP contribution in [-0.4, -0.2) is 49.1 Å². The summed E-state index contributed by atoms with van der Waals surface area (Å²) in [6.07, 6.45) is 6.71. The van der Waals surface area contributed by atoms with Crippen molar-refractivity contribution >= 4 is 15.9 Å². The van der Waals surface area contributed by atoms with Crippen LogP contribution in [-0.2, 0) is 10.0 Å². The molecule has 0 atom stereocenters. The fourth-order valence-electron chi connectivity index (χ4n) is 3.08. The van der Waals surface area contributed by atoms with Gasteiger partial charge in [0.15, 0.2) is 0 Å². The monoisotopic (exact) mass is 361 g/mol. The molecule has 1 aliphatic heterocycles. The lowest BCUT2D eigenvalue weighted by Crippen LogP contribution is -2.41. The summed E-state index contributed by atoms with van der Waals surface area (Å²) in [5.41, 5.74) is 1.64. The fraction of sp³-hybridized carbons (Fsp3) is 0.389. The molecule has 1 fully saturated rings. The Balaban J connectivity index is 1.50. The predicted molar refractivity (Wildman–Crippen MR) is 97.2 cm³/mol. The average molecular weight is 361 g/mol. The van der Waals surface area contributed by atoms with Crippen LogP contribution in [0.3, 0.4) is 0 Å². The van der Waals surface area contributed by atoms with E-state index in [4.69, 9.17) is 0 Å². The first kappa shape index (κ1) is 17.7. The van der Waals surface area contributed by atoms with Crippen molar-refractivity contribution in [3.05, 3.63) is 54.4 Å². The van der Waals surface area contributed by atoms with Crippen LogP contribution in [0.1, 0.15) is 23.2 Å². The summed E-state index contributed by atoms with van der Waals surface area (Å²) in [6, 6.07) is 11.4. The lowest BCUT2D eigenvalue weighted by Gasteiger charge is -2.30. The number of amides is 1. The van der Waals surface area contributed by atoms with Crippen LogP contribution in [0, 0.1) is 5.92 Å². The second-order valence-corrected chi connectivity index (χ2v) is 8.44. The van der Waals surface area contributed by atoms with Gasteiger partial charge in [-0.1, -0.05) is 0 Å². The Morgan fingerprint density at radius 3 is 2.28 bits per heavy atom. The average Bonchev–Trinajstić information content (AvgIpc) is 3.14. The molecule has 0 bridgehead atoms. The van der Waals surface area contributed by atoms with Crippen molar-refractivity contribution in [3.8, 4) is 5.69 Å². The molecule has 0 spiro atoms. The maximum Gasteiger partial charge on any atom is 0.251 e. The zero-order valence-corrected chi connectivity index (χ0v) is 15.1. The van der Waals surface area contributed by atoms with Crippen molar-refractivity contribution in [3.63, 3.8) is 0 Å². The van der Waals surface area contributed by atoms with E-state index >= 15 is 0 Å². The van der Waals surface area contributed by atoms with E-state index < -0.39 is 10.0 Å². The number of piperidine rings is 1. The molecular weight excluding hydrogens is 338 g/mol. The quantitative estimate of drug-likeness (QED) is 0.884. The Kier molecular flexibility index (Phi) is 5.24. The Morgan fingerprint density at radius 1 is 1.12 bits per heavy atom. The molecule has 0 saturated carbocycles. The van der Waals surface area contributed by atoms with Gasteiger partial charge in [-0.2, -0.15) is 0 Å². The Labute approximate surface area is 148 Å². The minimum Gasteiger partial charge on any atom is -0.352 e. The molecule has 1 amide bonds. The summed E-state index contributed by atoms with van der Waals surface area (Å²) in [6.45, 7) is 1.64. The zero-order valence-electron chi connectivity index (χ0n) is 14.3. The smallest absolute Gasteiger partial charge is 0.251 e. The van der Waals surface area contributed by atoms with E-state index in [9.17, 15) is 13.2 Å². The highest BCUT2D eigenvalue weighted by Gasteiger charge is 2.25. The lowest BCUT2D eigenvalue weighted by atomic mass is 9.98. The highest BCUT2D eigenvalue weighted by Crippen LogP contribution is 2.18. The predicted octanol–water partition coefficient (Wildman–Crippen LogP) is 1.88. The van der Waals surface area contributed by atoms with Gasteiger partial charge in [-0.3, -0.25) is 4.79 Å². The van der Waals surface area contributed by atoms with Crippen LogP contribution in [0.4, 0.5) is 0 Å². The molecular formula is C18H23N3O3S. The molecule has 1 aromatic heterocycles. The molecule has 0 radical (unpaired) electrons. The molecule has 1 N–H and O–H groups in total. The summed E-state index contributed by atoms with van der Waals surface area (Å²) in [5.74, 6) is 0.227. The number of carbonyl (C=O) groups is 1. The maximum atomic E-state index is 12.3.